The SMILES string of the molecule is Cc1cccc(NCC(=O)N/N=C\c2ccc(Br)o2)c1. The number of nitrogens with zero attached hydrogens (tertiary/aromatic N) is 1. The highest BCUT2D eigenvalue weighted by Crippen LogP contribution is 2.12. The first-order chi connectivity index (χ1) is 9.63. The predicted molar refractivity (Wildman–Crippen MR) is 81.8 cm³/mol. The summed E-state index contributed by atoms with van der Waals surface area (Å²) in [5, 5.41) is 6.83. The molecule has 0 atom stereocenters. The van der Waals surface area contributed by atoms with Crippen LogP contribution < -0.4 is 10.7 Å². The Morgan fingerprint density at radius 2 is 2.25 bits per heavy atom. The number of amides is 1. The van der Waals surface area contributed by atoms with E-state index in [0.717, 1.165) is 11.3 Å². The third kappa shape index (κ3) is 4.55. The van der Waals surface area contributed by atoms with Crippen LogP contribution in [0.2, 0.25) is 0 Å². The highest BCUT2D eigenvalue weighted by molar-refractivity contribution is 9.10. The summed E-state index contributed by atoms with van der Waals surface area (Å²) in [4.78, 5) is 11.6. The van der Waals surface area contributed by atoms with E-state index in [-0.39, 0.29) is 12.5 Å². The van der Waals surface area contributed by atoms with Crippen LogP contribution in [-0.2, 0) is 4.79 Å². The second kappa shape index (κ2) is 6.91. The van der Waals surface area contributed by atoms with Crippen molar-refractivity contribution in [1.29, 1.82) is 0 Å². The quantitative estimate of drug-likeness (QED) is 0.652. The molecule has 20 heavy (non-hydrogen) atoms. The van der Waals surface area contributed by atoms with Crippen molar-refractivity contribution in [2.45, 2.75) is 6.92 Å². The van der Waals surface area contributed by atoms with Gasteiger partial charge in [-0.2, -0.15) is 5.10 Å². The molecule has 0 saturated carbocycles. The van der Waals surface area contributed by atoms with Gasteiger partial charge in [-0.05, 0) is 52.7 Å². The summed E-state index contributed by atoms with van der Waals surface area (Å²) < 4.78 is 5.83. The van der Waals surface area contributed by atoms with Gasteiger partial charge in [-0.1, -0.05) is 12.1 Å². The molecule has 1 aromatic carbocycles. The molecule has 0 aliphatic rings. The van der Waals surface area contributed by atoms with Gasteiger partial charge in [0.25, 0.3) is 5.91 Å². The van der Waals surface area contributed by atoms with E-state index in [2.05, 4.69) is 31.8 Å². The van der Waals surface area contributed by atoms with E-state index in [0.29, 0.717) is 10.4 Å². The summed E-state index contributed by atoms with van der Waals surface area (Å²) in [7, 11) is 0. The van der Waals surface area contributed by atoms with Gasteiger partial charge in [0.2, 0.25) is 0 Å². The number of hydrogen-bond acceptors (Lipinski definition) is 4. The lowest BCUT2D eigenvalue weighted by Gasteiger charge is -2.05. The molecule has 1 heterocycles. The zero-order valence-corrected chi connectivity index (χ0v) is 12.5. The van der Waals surface area contributed by atoms with Crippen LogP contribution >= 0.6 is 15.9 Å². The van der Waals surface area contributed by atoms with Gasteiger partial charge >= 0.3 is 0 Å². The first-order valence-electron chi connectivity index (χ1n) is 6.01. The number of benzene rings is 1. The van der Waals surface area contributed by atoms with Crippen LogP contribution in [-0.4, -0.2) is 18.7 Å². The van der Waals surface area contributed by atoms with Gasteiger partial charge in [-0.15, -0.1) is 0 Å². The summed E-state index contributed by atoms with van der Waals surface area (Å²) in [5.41, 5.74) is 4.46. The summed E-state index contributed by atoms with van der Waals surface area (Å²) in [6.07, 6.45) is 1.44. The lowest BCUT2D eigenvalue weighted by Crippen LogP contribution is -2.25. The Hall–Kier alpha value is -2.08. The fraction of sp³-hybridized carbons (Fsp3) is 0.143. The van der Waals surface area contributed by atoms with Crippen molar-refractivity contribution in [3.63, 3.8) is 0 Å². The van der Waals surface area contributed by atoms with Crippen molar-refractivity contribution >= 4 is 33.7 Å². The summed E-state index contributed by atoms with van der Waals surface area (Å²) in [5.74, 6) is 0.331. The van der Waals surface area contributed by atoms with Crippen LogP contribution in [0.1, 0.15) is 11.3 Å². The number of hydrazone groups is 1. The van der Waals surface area contributed by atoms with Gasteiger partial charge in [0.05, 0.1) is 12.8 Å². The maximum Gasteiger partial charge on any atom is 0.259 e. The number of furan rings is 1. The average Bonchev–Trinajstić information content (AvgIpc) is 2.82. The van der Waals surface area contributed by atoms with E-state index in [1.54, 1.807) is 12.1 Å². The van der Waals surface area contributed by atoms with E-state index in [1.165, 1.54) is 6.21 Å². The second-order valence-corrected chi connectivity index (χ2v) is 4.94. The number of anilines is 1. The lowest BCUT2D eigenvalue weighted by atomic mass is 10.2. The van der Waals surface area contributed by atoms with Crippen molar-refractivity contribution in [2.75, 3.05) is 11.9 Å². The Balaban J connectivity index is 1.77. The van der Waals surface area contributed by atoms with Crippen LogP contribution in [0.4, 0.5) is 5.69 Å². The molecule has 0 fully saturated rings. The molecule has 1 aromatic heterocycles. The minimum Gasteiger partial charge on any atom is -0.448 e. The molecule has 0 aliphatic carbocycles. The van der Waals surface area contributed by atoms with Crippen molar-refractivity contribution in [1.82, 2.24) is 5.43 Å². The topological polar surface area (TPSA) is 66.6 Å². The highest BCUT2D eigenvalue weighted by Gasteiger charge is 2.00. The third-order valence-corrected chi connectivity index (χ3v) is 2.87. The average molecular weight is 336 g/mol. The van der Waals surface area contributed by atoms with Crippen LogP contribution in [0.3, 0.4) is 0 Å². The lowest BCUT2D eigenvalue weighted by molar-refractivity contribution is -0.119. The Bertz CT molecular complexity index is 622. The van der Waals surface area contributed by atoms with Gasteiger partial charge in [0.1, 0.15) is 5.76 Å². The molecule has 0 unspecified atom stereocenters. The molecule has 2 rings (SSSR count). The normalized spacial score (nSPS) is 10.7. The second-order valence-electron chi connectivity index (χ2n) is 4.16. The number of rotatable bonds is 5. The Labute approximate surface area is 125 Å². The van der Waals surface area contributed by atoms with E-state index in [4.69, 9.17) is 4.42 Å². The van der Waals surface area contributed by atoms with Gasteiger partial charge in [0, 0.05) is 5.69 Å². The van der Waals surface area contributed by atoms with E-state index < -0.39 is 0 Å². The molecular weight excluding hydrogens is 322 g/mol. The fourth-order valence-corrected chi connectivity index (χ4v) is 1.86. The first kappa shape index (κ1) is 14.3. The molecule has 2 N–H and O–H groups in total. The zero-order chi connectivity index (χ0) is 14.4. The largest absolute Gasteiger partial charge is 0.448 e. The van der Waals surface area contributed by atoms with Crippen LogP contribution in [0.25, 0.3) is 0 Å². The Morgan fingerprint density at radius 1 is 1.40 bits per heavy atom. The van der Waals surface area contributed by atoms with Crippen LogP contribution in [0.5, 0.6) is 0 Å². The van der Waals surface area contributed by atoms with Gasteiger partial charge < -0.3 is 9.73 Å². The number of hydrogen-bond donors (Lipinski definition) is 2. The minimum atomic E-state index is -0.228. The van der Waals surface area contributed by atoms with E-state index in [9.17, 15) is 4.79 Å². The molecular formula is C14H14BrN3O2. The molecule has 2 aromatic rings. The summed E-state index contributed by atoms with van der Waals surface area (Å²) in [6.45, 7) is 2.15. The maximum atomic E-state index is 11.6. The molecule has 104 valence electrons. The number of aryl methyl sites for hydroxylation is 1. The molecule has 0 radical (unpaired) electrons. The van der Waals surface area contributed by atoms with Crippen molar-refractivity contribution in [3.05, 3.63) is 52.4 Å². The van der Waals surface area contributed by atoms with E-state index in [1.807, 2.05) is 31.2 Å². The van der Waals surface area contributed by atoms with Crippen molar-refractivity contribution in [2.24, 2.45) is 5.10 Å². The first-order valence-corrected chi connectivity index (χ1v) is 6.80. The molecule has 0 aliphatic heterocycles. The van der Waals surface area contributed by atoms with Gasteiger partial charge in [-0.25, -0.2) is 5.43 Å². The Morgan fingerprint density at radius 3 is 2.95 bits per heavy atom. The number of nitrogens with one attached hydrogen (secondary N) is 2. The Kier molecular flexibility index (Phi) is 4.95. The van der Waals surface area contributed by atoms with Gasteiger partial charge in [-0.3, -0.25) is 4.79 Å². The number of carbonyl (C=O) groups excluding carboxylic acids is 1. The minimum absolute atomic E-state index is 0.155. The molecule has 0 bridgehead atoms. The molecule has 6 heteroatoms. The molecule has 1 amide bonds. The van der Waals surface area contributed by atoms with E-state index >= 15 is 0 Å². The van der Waals surface area contributed by atoms with Crippen molar-refractivity contribution in [3.8, 4) is 0 Å². The maximum absolute atomic E-state index is 11.6. The van der Waals surface area contributed by atoms with Crippen LogP contribution in [0.15, 0.2) is 50.6 Å². The summed E-state index contributed by atoms with van der Waals surface area (Å²) in [6, 6.07) is 11.3. The summed E-state index contributed by atoms with van der Waals surface area (Å²) >= 11 is 3.18. The number of halogens is 1. The predicted octanol–water partition coefficient (Wildman–Crippen LogP) is 2.91. The number of carbonyl (C=O) groups is 1. The monoisotopic (exact) mass is 335 g/mol. The molecule has 5 nitrogen and oxygen atoms in total. The third-order valence-electron chi connectivity index (χ3n) is 2.45. The van der Waals surface area contributed by atoms with Gasteiger partial charge in [0.15, 0.2) is 4.67 Å². The standard InChI is InChI=1S/C14H14BrN3O2/c1-10-3-2-4-11(7-10)16-9-14(19)18-17-8-12-5-6-13(15)20-12/h2-8,16H,9H2,1H3,(H,18,19)/b17-8-. The molecule has 0 spiro atoms. The van der Waals surface area contributed by atoms with Crippen LogP contribution in [0, 0.1) is 6.92 Å². The van der Waals surface area contributed by atoms with Crippen molar-refractivity contribution < 1.29 is 9.21 Å². The highest BCUT2D eigenvalue weighted by atomic mass is 79.9. The fourth-order valence-electron chi connectivity index (χ4n) is 1.54. The molecule has 0 saturated heterocycles. The smallest absolute Gasteiger partial charge is 0.259 e. The zero-order valence-electron chi connectivity index (χ0n) is 10.9.